The molecule has 5 heteroatoms. The number of rotatable bonds is 0. The Kier molecular flexibility index (Phi) is 3.63. The molecule has 0 spiro atoms. The summed E-state index contributed by atoms with van der Waals surface area (Å²) in [5, 5.41) is 0.679. The molecule has 1 aromatic rings. The molecule has 1 aromatic carbocycles. The van der Waals surface area contributed by atoms with E-state index in [1.165, 1.54) is 0 Å². The van der Waals surface area contributed by atoms with Crippen molar-refractivity contribution in [2.45, 2.75) is 39.3 Å². The molecule has 4 nitrogen and oxygen atoms in total. The van der Waals surface area contributed by atoms with Crippen LogP contribution in [-0.2, 0) is 17.7 Å². The number of carbonyl (C=O) groups excluding carboxylic acids is 1. The number of carbonyl (C=O) groups is 1. The van der Waals surface area contributed by atoms with Crippen LogP contribution in [-0.4, -0.2) is 23.1 Å². The van der Waals surface area contributed by atoms with Gasteiger partial charge in [-0.2, -0.15) is 0 Å². The Hall–Kier alpha value is -1.42. The third kappa shape index (κ3) is 3.32. The lowest BCUT2D eigenvalue weighted by atomic mass is 9.99. The molecule has 0 saturated heterocycles. The third-order valence-electron chi connectivity index (χ3n) is 2.95. The van der Waals surface area contributed by atoms with E-state index in [-0.39, 0.29) is 6.09 Å². The smallest absolute Gasteiger partial charge is 0.410 e. The van der Waals surface area contributed by atoms with E-state index in [0.29, 0.717) is 23.8 Å². The molecule has 0 fully saturated rings. The zero-order chi connectivity index (χ0) is 14.2. The van der Waals surface area contributed by atoms with Crippen LogP contribution in [0.25, 0.3) is 0 Å². The van der Waals surface area contributed by atoms with Crippen LogP contribution < -0.4 is 5.73 Å². The summed E-state index contributed by atoms with van der Waals surface area (Å²) in [4.78, 5) is 13.7. The summed E-state index contributed by atoms with van der Waals surface area (Å²) in [6.45, 7) is 6.69. The predicted molar refractivity (Wildman–Crippen MR) is 76.2 cm³/mol. The first-order valence-electron chi connectivity index (χ1n) is 6.31. The fraction of sp³-hybridized carbons (Fsp3) is 0.500. The lowest BCUT2D eigenvalue weighted by molar-refractivity contribution is 0.0224. The minimum absolute atomic E-state index is 0.295. The number of nitrogens with zero attached hydrogens (tertiary/aromatic N) is 1. The number of amides is 1. The normalized spacial score (nSPS) is 15.1. The molecule has 1 amide bonds. The van der Waals surface area contributed by atoms with Gasteiger partial charge >= 0.3 is 6.09 Å². The highest BCUT2D eigenvalue weighted by Gasteiger charge is 2.26. The van der Waals surface area contributed by atoms with Gasteiger partial charge < -0.3 is 15.4 Å². The lowest BCUT2D eigenvalue weighted by Crippen LogP contribution is -2.40. The number of hydrogen-bond acceptors (Lipinski definition) is 3. The number of ether oxygens (including phenoxy) is 1. The highest BCUT2D eigenvalue weighted by molar-refractivity contribution is 6.31. The number of nitrogens with two attached hydrogens (primary N) is 1. The van der Waals surface area contributed by atoms with E-state index in [9.17, 15) is 4.79 Å². The second-order valence-corrected chi connectivity index (χ2v) is 6.20. The molecule has 1 aliphatic rings. The summed E-state index contributed by atoms with van der Waals surface area (Å²) in [7, 11) is 0. The fourth-order valence-corrected chi connectivity index (χ4v) is 2.49. The summed E-state index contributed by atoms with van der Waals surface area (Å²) in [6, 6.07) is 3.63. The van der Waals surface area contributed by atoms with Gasteiger partial charge in [0.2, 0.25) is 0 Å². The highest BCUT2D eigenvalue weighted by Crippen LogP contribution is 2.29. The second-order valence-electron chi connectivity index (χ2n) is 5.79. The van der Waals surface area contributed by atoms with Crippen LogP contribution in [0.5, 0.6) is 0 Å². The van der Waals surface area contributed by atoms with Crippen LogP contribution in [0.3, 0.4) is 0 Å². The molecular formula is C14H19ClN2O2. The Balaban J connectivity index is 2.16. The molecule has 0 aliphatic carbocycles. The highest BCUT2D eigenvalue weighted by atomic mass is 35.5. The second kappa shape index (κ2) is 4.93. The molecule has 2 N–H and O–H groups in total. The molecule has 0 radical (unpaired) electrons. The van der Waals surface area contributed by atoms with E-state index >= 15 is 0 Å². The summed E-state index contributed by atoms with van der Waals surface area (Å²) in [6.07, 6.45) is 0.435. The van der Waals surface area contributed by atoms with Crippen molar-refractivity contribution in [1.29, 1.82) is 0 Å². The lowest BCUT2D eigenvalue weighted by Gasteiger charge is -2.31. The molecule has 0 aromatic heterocycles. The van der Waals surface area contributed by atoms with Crippen molar-refractivity contribution >= 4 is 23.4 Å². The summed E-state index contributed by atoms with van der Waals surface area (Å²) in [5.41, 5.74) is 8.01. The molecule has 1 heterocycles. The van der Waals surface area contributed by atoms with Crippen LogP contribution in [0.1, 0.15) is 31.9 Å². The maximum absolute atomic E-state index is 12.0. The number of benzene rings is 1. The van der Waals surface area contributed by atoms with Crippen LogP contribution in [0.15, 0.2) is 12.1 Å². The fourth-order valence-electron chi connectivity index (χ4n) is 2.15. The van der Waals surface area contributed by atoms with Gasteiger partial charge in [-0.05, 0) is 50.5 Å². The molecule has 1 aliphatic heterocycles. The van der Waals surface area contributed by atoms with Crippen molar-refractivity contribution in [2.75, 3.05) is 12.3 Å². The van der Waals surface area contributed by atoms with E-state index in [2.05, 4.69) is 0 Å². The molecule has 0 bridgehead atoms. The van der Waals surface area contributed by atoms with Crippen molar-refractivity contribution < 1.29 is 9.53 Å². The number of hydrogen-bond donors (Lipinski definition) is 1. The van der Waals surface area contributed by atoms with Crippen LogP contribution in [0, 0.1) is 0 Å². The van der Waals surface area contributed by atoms with Crippen molar-refractivity contribution in [3.05, 3.63) is 28.3 Å². The number of nitrogen functional groups attached to an aromatic ring is 1. The third-order valence-corrected chi connectivity index (χ3v) is 3.29. The summed E-state index contributed by atoms with van der Waals surface area (Å²) < 4.78 is 5.38. The van der Waals surface area contributed by atoms with Crippen molar-refractivity contribution in [2.24, 2.45) is 0 Å². The monoisotopic (exact) mass is 282 g/mol. The van der Waals surface area contributed by atoms with Gasteiger partial charge in [0, 0.05) is 23.8 Å². The van der Waals surface area contributed by atoms with E-state index in [0.717, 1.165) is 17.5 Å². The SMILES string of the molecule is CC(C)(C)OC(=O)N1CCc2c(Cl)cc(N)cc2C1. The maximum Gasteiger partial charge on any atom is 0.410 e. The van der Waals surface area contributed by atoms with Gasteiger partial charge in [0.15, 0.2) is 0 Å². The van der Waals surface area contributed by atoms with Gasteiger partial charge in [-0.1, -0.05) is 11.6 Å². The van der Waals surface area contributed by atoms with Crippen LogP contribution in [0.2, 0.25) is 5.02 Å². The molecule has 0 saturated carbocycles. The Morgan fingerprint density at radius 2 is 2.11 bits per heavy atom. The zero-order valence-corrected chi connectivity index (χ0v) is 12.3. The molecule has 0 unspecified atom stereocenters. The Bertz CT molecular complexity index is 509. The maximum atomic E-state index is 12.0. The van der Waals surface area contributed by atoms with Crippen molar-refractivity contribution in [3.8, 4) is 0 Å². The van der Waals surface area contributed by atoms with E-state index in [1.807, 2.05) is 26.8 Å². The van der Waals surface area contributed by atoms with Crippen LogP contribution >= 0.6 is 11.6 Å². The molecular weight excluding hydrogens is 264 g/mol. The number of fused-ring (bicyclic) bond motifs is 1. The first-order chi connectivity index (χ1) is 8.76. The zero-order valence-electron chi connectivity index (χ0n) is 11.5. The molecule has 0 atom stereocenters. The van der Waals surface area contributed by atoms with Gasteiger partial charge in [0.1, 0.15) is 5.60 Å². The largest absolute Gasteiger partial charge is 0.444 e. The standard InChI is InChI=1S/C14H19ClN2O2/c1-14(2,3)19-13(18)17-5-4-11-9(8-17)6-10(16)7-12(11)15/h6-7H,4-5,8,16H2,1-3H3. The van der Waals surface area contributed by atoms with Crippen LogP contribution in [0.4, 0.5) is 10.5 Å². The Morgan fingerprint density at radius 3 is 2.74 bits per heavy atom. The number of anilines is 1. The van der Waals surface area contributed by atoms with E-state index < -0.39 is 5.60 Å². The minimum atomic E-state index is -0.481. The van der Waals surface area contributed by atoms with Gasteiger partial charge in [0.25, 0.3) is 0 Å². The van der Waals surface area contributed by atoms with Gasteiger partial charge in [-0.15, -0.1) is 0 Å². The Morgan fingerprint density at radius 1 is 1.42 bits per heavy atom. The van der Waals surface area contributed by atoms with Crippen molar-refractivity contribution in [1.82, 2.24) is 4.90 Å². The van der Waals surface area contributed by atoms with Gasteiger partial charge in [-0.25, -0.2) is 4.79 Å². The molecule has 19 heavy (non-hydrogen) atoms. The average Bonchev–Trinajstić information content (AvgIpc) is 2.25. The molecule has 104 valence electrons. The van der Waals surface area contributed by atoms with E-state index in [4.69, 9.17) is 22.1 Å². The minimum Gasteiger partial charge on any atom is -0.444 e. The van der Waals surface area contributed by atoms with Gasteiger partial charge in [0.05, 0.1) is 0 Å². The van der Waals surface area contributed by atoms with Gasteiger partial charge in [-0.3, -0.25) is 0 Å². The van der Waals surface area contributed by atoms with E-state index in [1.54, 1.807) is 11.0 Å². The van der Waals surface area contributed by atoms with Crippen molar-refractivity contribution in [3.63, 3.8) is 0 Å². The quantitative estimate of drug-likeness (QED) is 0.743. The summed E-state index contributed by atoms with van der Waals surface area (Å²) >= 11 is 6.17. The Labute approximate surface area is 118 Å². The first-order valence-corrected chi connectivity index (χ1v) is 6.69. The average molecular weight is 283 g/mol. The predicted octanol–water partition coefficient (Wildman–Crippen LogP) is 3.22. The first kappa shape index (κ1) is 14.0. The molecule has 2 rings (SSSR count). The number of halogens is 1. The summed E-state index contributed by atoms with van der Waals surface area (Å²) in [5.74, 6) is 0. The topological polar surface area (TPSA) is 55.6 Å².